The number of aryl methyl sites for hydroxylation is 1. The summed E-state index contributed by atoms with van der Waals surface area (Å²) in [6.07, 6.45) is 2.96. The van der Waals surface area contributed by atoms with E-state index in [0.717, 1.165) is 25.5 Å². The van der Waals surface area contributed by atoms with Crippen LogP contribution in [0.5, 0.6) is 0 Å². The summed E-state index contributed by atoms with van der Waals surface area (Å²) in [7, 11) is 0. The molecular weight excluding hydrogens is 279 g/mol. The molecule has 2 rings (SSSR count). The minimum atomic E-state index is -4.29. The number of hydrogen-bond donors (Lipinski definition) is 1. The van der Waals surface area contributed by atoms with Crippen LogP contribution in [0.2, 0.25) is 0 Å². The summed E-state index contributed by atoms with van der Waals surface area (Å²) in [5.41, 5.74) is -0.268. The molecule has 0 aliphatic rings. The lowest BCUT2D eigenvalue weighted by atomic mass is 10.1. The van der Waals surface area contributed by atoms with Gasteiger partial charge in [-0.2, -0.15) is 13.2 Å². The van der Waals surface area contributed by atoms with E-state index >= 15 is 0 Å². The van der Waals surface area contributed by atoms with Gasteiger partial charge in [0, 0.05) is 25.5 Å². The number of imidazole rings is 1. The molecule has 0 saturated heterocycles. The van der Waals surface area contributed by atoms with Crippen molar-refractivity contribution in [2.45, 2.75) is 32.1 Å². The highest BCUT2D eigenvalue weighted by molar-refractivity contribution is 5.29. The Morgan fingerprint density at radius 1 is 1.14 bits per heavy atom. The van der Waals surface area contributed by atoms with Crippen LogP contribution < -0.4 is 5.32 Å². The SMILES string of the molecule is FC(F)(F)c1ccccc1CNCCCCn1ccnc1. The number of hydrogen-bond acceptors (Lipinski definition) is 2. The molecule has 6 heteroatoms. The minimum absolute atomic E-state index is 0.237. The van der Waals surface area contributed by atoms with Gasteiger partial charge < -0.3 is 9.88 Å². The van der Waals surface area contributed by atoms with Crippen LogP contribution in [0.1, 0.15) is 24.0 Å². The van der Waals surface area contributed by atoms with Crippen LogP contribution in [0.3, 0.4) is 0 Å². The second-order valence-electron chi connectivity index (χ2n) is 4.84. The highest BCUT2D eigenvalue weighted by Gasteiger charge is 2.32. The van der Waals surface area contributed by atoms with Gasteiger partial charge in [-0.05, 0) is 31.0 Å². The summed E-state index contributed by atoms with van der Waals surface area (Å²) in [5, 5.41) is 3.07. The van der Waals surface area contributed by atoms with Crippen molar-refractivity contribution in [3.8, 4) is 0 Å². The fraction of sp³-hybridized carbons (Fsp3) is 0.400. The van der Waals surface area contributed by atoms with Crippen LogP contribution in [0.15, 0.2) is 43.0 Å². The number of unbranched alkanes of at least 4 members (excludes halogenated alkanes) is 1. The summed E-state index contributed by atoms with van der Waals surface area (Å²) in [4.78, 5) is 3.95. The molecule has 0 bridgehead atoms. The number of benzene rings is 1. The number of alkyl halides is 3. The molecular formula is C15H18F3N3. The Bertz CT molecular complexity index is 535. The monoisotopic (exact) mass is 297 g/mol. The maximum absolute atomic E-state index is 12.8. The number of rotatable bonds is 7. The zero-order valence-corrected chi connectivity index (χ0v) is 11.6. The van der Waals surface area contributed by atoms with Crippen molar-refractivity contribution >= 4 is 0 Å². The van der Waals surface area contributed by atoms with E-state index in [0.29, 0.717) is 12.1 Å². The number of halogens is 3. The predicted molar refractivity (Wildman–Crippen MR) is 74.6 cm³/mol. The summed E-state index contributed by atoms with van der Waals surface area (Å²) in [6.45, 7) is 1.81. The van der Waals surface area contributed by atoms with E-state index < -0.39 is 11.7 Å². The first kappa shape index (κ1) is 15.6. The molecule has 1 aromatic carbocycles. The van der Waals surface area contributed by atoms with Crippen LogP contribution in [0.25, 0.3) is 0 Å². The summed E-state index contributed by atoms with van der Waals surface area (Å²) >= 11 is 0. The van der Waals surface area contributed by atoms with E-state index in [4.69, 9.17) is 0 Å². The van der Waals surface area contributed by atoms with Crippen molar-refractivity contribution in [3.63, 3.8) is 0 Å². The highest BCUT2D eigenvalue weighted by atomic mass is 19.4. The van der Waals surface area contributed by atoms with E-state index in [1.165, 1.54) is 12.1 Å². The Labute approximate surface area is 121 Å². The lowest BCUT2D eigenvalue weighted by Crippen LogP contribution is -2.18. The molecule has 0 atom stereocenters. The highest BCUT2D eigenvalue weighted by Crippen LogP contribution is 2.31. The second kappa shape index (κ2) is 7.26. The Balaban J connectivity index is 1.71. The normalized spacial score (nSPS) is 11.8. The van der Waals surface area contributed by atoms with Crippen molar-refractivity contribution in [2.75, 3.05) is 6.54 Å². The average molecular weight is 297 g/mol. The molecule has 0 unspecified atom stereocenters. The third kappa shape index (κ3) is 4.90. The zero-order chi connectivity index (χ0) is 15.1. The van der Waals surface area contributed by atoms with Crippen LogP contribution in [0.4, 0.5) is 13.2 Å². The number of aromatic nitrogens is 2. The molecule has 0 radical (unpaired) electrons. The first-order valence-electron chi connectivity index (χ1n) is 6.89. The summed E-state index contributed by atoms with van der Waals surface area (Å²) in [6, 6.07) is 5.68. The van der Waals surface area contributed by atoms with Crippen molar-refractivity contribution in [3.05, 3.63) is 54.1 Å². The van der Waals surface area contributed by atoms with Gasteiger partial charge in [0.2, 0.25) is 0 Å². The van der Waals surface area contributed by atoms with Gasteiger partial charge in [-0.3, -0.25) is 0 Å². The molecule has 0 aliphatic carbocycles. The van der Waals surface area contributed by atoms with Gasteiger partial charge in [0.25, 0.3) is 0 Å². The van der Waals surface area contributed by atoms with Crippen molar-refractivity contribution in [1.29, 1.82) is 0 Å². The van der Waals surface area contributed by atoms with Crippen LogP contribution in [0, 0.1) is 0 Å². The first-order valence-corrected chi connectivity index (χ1v) is 6.89. The lowest BCUT2D eigenvalue weighted by Gasteiger charge is -2.13. The van der Waals surface area contributed by atoms with Gasteiger partial charge in [-0.25, -0.2) is 4.98 Å². The third-order valence-corrected chi connectivity index (χ3v) is 3.22. The standard InChI is InChI=1S/C15H18F3N3/c16-15(17,18)14-6-2-1-5-13(14)11-19-7-3-4-9-21-10-8-20-12-21/h1-2,5-6,8,10,12,19H,3-4,7,9,11H2. The average Bonchev–Trinajstić information content (AvgIpc) is 2.95. The van der Waals surface area contributed by atoms with E-state index in [-0.39, 0.29) is 6.54 Å². The molecule has 0 amide bonds. The van der Waals surface area contributed by atoms with Gasteiger partial charge in [0.15, 0.2) is 0 Å². The molecule has 1 N–H and O–H groups in total. The van der Waals surface area contributed by atoms with Crippen molar-refractivity contribution in [1.82, 2.24) is 14.9 Å². The molecule has 114 valence electrons. The Kier molecular flexibility index (Phi) is 5.38. The van der Waals surface area contributed by atoms with Crippen molar-refractivity contribution < 1.29 is 13.2 Å². The van der Waals surface area contributed by atoms with E-state index in [2.05, 4.69) is 10.3 Å². The molecule has 0 spiro atoms. The summed E-state index contributed by atoms with van der Waals surface area (Å²) in [5.74, 6) is 0. The maximum Gasteiger partial charge on any atom is 0.416 e. The summed E-state index contributed by atoms with van der Waals surface area (Å²) < 4.78 is 40.4. The predicted octanol–water partition coefficient (Wildman–Crippen LogP) is 3.47. The fourth-order valence-corrected chi connectivity index (χ4v) is 2.14. The van der Waals surface area contributed by atoms with Crippen LogP contribution in [-0.2, 0) is 19.3 Å². The van der Waals surface area contributed by atoms with Gasteiger partial charge >= 0.3 is 6.18 Å². The van der Waals surface area contributed by atoms with E-state index in [9.17, 15) is 13.2 Å². The first-order chi connectivity index (χ1) is 10.1. The third-order valence-electron chi connectivity index (χ3n) is 3.22. The maximum atomic E-state index is 12.8. The zero-order valence-electron chi connectivity index (χ0n) is 11.6. The molecule has 1 aromatic heterocycles. The Morgan fingerprint density at radius 3 is 2.67 bits per heavy atom. The topological polar surface area (TPSA) is 29.9 Å². The molecule has 1 heterocycles. The Morgan fingerprint density at radius 2 is 1.95 bits per heavy atom. The molecule has 0 saturated carbocycles. The smallest absolute Gasteiger partial charge is 0.337 e. The molecule has 21 heavy (non-hydrogen) atoms. The van der Waals surface area contributed by atoms with Gasteiger partial charge in [0.05, 0.1) is 11.9 Å². The van der Waals surface area contributed by atoms with Gasteiger partial charge in [-0.1, -0.05) is 18.2 Å². The van der Waals surface area contributed by atoms with Gasteiger partial charge in [-0.15, -0.1) is 0 Å². The Hall–Kier alpha value is -1.82. The van der Waals surface area contributed by atoms with Crippen molar-refractivity contribution in [2.24, 2.45) is 0 Å². The molecule has 0 aliphatic heterocycles. The number of nitrogens with zero attached hydrogens (tertiary/aromatic N) is 2. The second-order valence-corrected chi connectivity index (χ2v) is 4.84. The van der Waals surface area contributed by atoms with Gasteiger partial charge in [0.1, 0.15) is 0 Å². The van der Waals surface area contributed by atoms with E-state index in [1.807, 2.05) is 10.8 Å². The number of nitrogens with one attached hydrogen (secondary N) is 1. The molecule has 0 fully saturated rings. The quantitative estimate of drug-likeness (QED) is 0.793. The molecule has 2 aromatic rings. The lowest BCUT2D eigenvalue weighted by molar-refractivity contribution is -0.138. The largest absolute Gasteiger partial charge is 0.416 e. The fourth-order valence-electron chi connectivity index (χ4n) is 2.14. The van der Waals surface area contributed by atoms with E-state index in [1.54, 1.807) is 18.6 Å². The van der Waals surface area contributed by atoms with Crippen LogP contribution in [-0.4, -0.2) is 16.1 Å². The molecule has 3 nitrogen and oxygen atoms in total. The van der Waals surface area contributed by atoms with Crippen LogP contribution >= 0.6 is 0 Å². The minimum Gasteiger partial charge on any atom is -0.337 e.